The van der Waals surface area contributed by atoms with Gasteiger partial charge in [-0.05, 0) is 61.2 Å². The molecule has 1 amide bonds. The average molecular weight is 450 g/mol. The Balaban J connectivity index is 1.32. The first-order chi connectivity index (χ1) is 16.7. The van der Waals surface area contributed by atoms with Crippen molar-refractivity contribution in [3.63, 3.8) is 0 Å². The molecule has 1 atom stereocenters. The molecule has 1 aliphatic rings. The first kappa shape index (κ1) is 21.8. The first-order valence-corrected chi connectivity index (χ1v) is 11.7. The molecule has 0 spiro atoms. The topological polar surface area (TPSA) is 55.3 Å². The highest BCUT2D eigenvalue weighted by Gasteiger charge is 2.27. The molecule has 5 rings (SSSR count). The van der Waals surface area contributed by atoms with Crippen LogP contribution in [0, 0.1) is 0 Å². The molecule has 3 heterocycles. The lowest BCUT2D eigenvalue weighted by Crippen LogP contribution is -2.43. The molecule has 0 radical (unpaired) electrons. The van der Waals surface area contributed by atoms with Crippen LogP contribution < -0.4 is 4.74 Å². The number of carbonyl (C=O) groups is 1. The quantitative estimate of drug-likeness (QED) is 0.402. The summed E-state index contributed by atoms with van der Waals surface area (Å²) in [7, 11) is 0. The largest absolute Gasteiger partial charge is 0.480 e. The van der Waals surface area contributed by atoms with Crippen LogP contribution in [-0.2, 0) is 4.79 Å². The summed E-state index contributed by atoms with van der Waals surface area (Å²) in [6, 6.07) is 24.1. The minimum Gasteiger partial charge on any atom is -0.480 e. The van der Waals surface area contributed by atoms with Crippen molar-refractivity contribution in [1.29, 1.82) is 0 Å². The number of amides is 1. The fraction of sp³-hybridized carbons (Fsp3) is 0.207. The number of benzene rings is 2. The van der Waals surface area contributed by atoms with Gasteiger partial charge in [0.05, 0.1) is 5.52 Å². The molecule has 170 valence electrons. The van der Waals surface area contributed by atoms with E-state index in [-0.39, 0.29) is 5.91 Å². The van der Waals surface area contributed by atoms with Gasteiger partial charge in [0.1, 0.15) is 5.75 Å². The Labute approximate surface area is 199 Å². The molecule has 0 aliphatic carbocycles. The monoisotopic (exact) mass is 449 g/mol. The first-order valence-electron chi connectivity index (χ1n) is 11.7. The molecular weight excluding hydrogens is 422 g/mol. The van der Waals surface area contributed by atoms with Gasteiger partial charge in [-0.25, -0.2) is 0 Å². The molecule has 2 aromatic carbocycles. The Kier molecular flexibility index (Phi) is 6.34. The number of carbonyl (C=O) groups excluding carboxylic acids is 1. The standard InChI is InChI=1S/C29H27N3O2/c1-21(34-27-13-5-12-26-25(27)11-7-17-31-26)29(33)32-18-14-23(15-19-32)28(22-8-3-2-4-9-22)24-10-6-16-30-20-24/h2-13,16-17,20-21H,14-15,18-19H2,1H3. The zero-order chi connectivity index (χ0) is 23.3. The van der Waals surface area contributed by atoms with Gasteiger partial charge in [-0.3, -0.25) is 14.8 Å². The highest BCUT2D eigenvalue weighted by Crippen LogP contribution is 2.32. The fourth-order valence-electron chi connectivity index (χ4n) is 4.61. The van der Waals surface area contributed by atoms with Gasteiger partial charge in [0.15, 0.2) is 6.10 Å². The van der Waals surface area contributed by atoms with Crippen LogP contribution in [0.1, 0.15) is 30.9 Å². The summed E-state index contributed by atoms with van der Waals surface area (Å²) >= 11 is 0. The predicted octanol–water partition coefficient (Wildman–Crippen LogP) is 5.52. The van der Waals surface area contributed by atoms with E-state index in [2.05, 4.69) is 40.3 Å². The third-order valence-electron chi connectivity index (χ3n) is 6.30. The number of hydrogen-bond donors (Lipinski definition) is 0. The lowest BCUT2D eigenvalue weighted by molar-refractivity contribution is -0.138. The number of rotatable bonds is 5. The zero-order valence-electron chi connectivity index (χ0n) is 19.2. The Morgan fingerprint density at radius 1 is 0.882 bits per heavy atom. The van der Waals surface area contributed by atoms with Crippen molar-refractivity contribution in [3.05, 3.63) is 108 Å². The number of fused-ring (bicyclic) bond motifs is 1. The van der Waals surface area contributed by atoms with E-state index in [1.807, 2.05) is 60.5 Å². The molecule has 0 saturated carbocycles. The molecule has 5 heteroatoms. The van der Waals surface area contributed by atoms with Crippen LogP contribution in [0.2, 0.25) is 0 Å². The summed E-state index contributed by atoms with van der Waals surface area (Å²) in [4.78, 5) is 23.8. The average Bonchev–Trinajstić information content (AvgIpc) is 2.90. The van der Waals surface area contributed by atoms with E-state index < -0.39 is 6.10 Å². The lowest BCUT2D eigenvalue weighted by atomic mass is 9.89. The Bertz CT molecular complexity index is 1260. The SMILES string of the molecule is CC(Oc1cccc2ncccc12)C(=O)N1CCC(=C(c2ccccc2)c2cccnc2)CC1. The van der Waals surface area contributed by atoms with Gasteiger partial charge in [-0.1, -0.05) is 48.0 Å². The number of piperidine rings is 1. The van der Waals surface area contributed by atoms with E-state index in [1.54, 1.807) is 12.4 Å². The second kappa shape index (κ2) is 9.87. The molecular formula is C29H27N3O2. The number of likely N-dealkylation sites (tertiary alicyclic amines) is 1. The molecule has 4 aromatic rings. The highest BCUT2D eigenvalue weighted by atomic mass is 16.5. The number of pyridine rings is 2. The third-order valence-corrected chi connectivity index (χ3v) is 6.30. The van der Waals surface area contributed by atoms with Crippen molar-refractivity contribution < 1.29 is 9.53 Å². The smallest absolute Gasteiger partial charge is 0.263 e. The van der Waals surface area contributed by atoms with Crippen molar-refractivity contribution >= 4 is 22.4 Å². The van der Waals surface area contributed by atoms with Crippen LogP contribution in [0.25, 0.3) is 16.5 Å². The molecule has 2 aromatic heterocycles. The van der Waals surface area contributed by atoms with Crippen LogP contribution in [0.3, 0.4) is 0 Å². The van der Waals surface area contributed by atoms with E-state index in [1.165, 1.54) is 16.7 Å². The Morgan fingerprint density at radius 2 is 1.65 bits per heavy atom. The molecule has 1 fully saturated rings. The van der Waals surface area contributed by atoms with Gasteiger partial charge < -0.3 is 9.64 Å². The minimum absolute atomic E-state index is 0.0163. The van der Waals surface area contributed by atoms with E-state index in [0.29, 0.717) is 18.8 Å². The molecule has 1 aliphatic heterocycles. The van der Waals surface area contributed by atoms with Crippen molar-refractivity contribution in [2.75, 3.05) is 13.1 Å². The van der Waals surface area contributed by atoms with Gasteiger partial charge >= 0.3 is 0 Å². The van der Waals surface area contributed by atoms with Crippen LogP contribution in [0.5, 0.6) is 5.75 Å². The van der Waals surface area contributed by atoms with Crippen molar-refractivity contribution in [2.24, 2.45) is 0 Å². The van der Waals surface area contributed by atoms with Crippen LogP contribution in [0.4, 0.5) is 0 Å². The van der Waals surface area contributed by atoms with Crippen molar-refractivity contribution in [2.45, 2.75) is 25.9 Å². The minimum atomic E-state index is -0.566. The normalized spacial score (nSPS) is 14.6. The van der Waals surface area contributed by atoms with E-state index in [9.17, 15) is 4.79 Å². The summed E-state index contributed by atoms with van der Waals surface area (Å²) in [6.45, 7) is 3.18. The molecule has 0 N–H and O–H groups in total. The second-order valence-electron chi connectivity index (χ2n) is 8.50. The number of hydrogen-bond acceptors (Lipinski definition) is 4. The Hall–Kier alpha value is -3.99. The van der Waals surface area contributed by atoms with Crippen molar-refractivity contribution in [3.8, 4) is 5.75 Å². The Morgan fingerprint density at radius 3 is 2.41 bits per heavy atom. The van der Waals surface area contributed by atoms with Gasteiger partial charge in [0.25, 0.3) is 5.91 Å². The zero-order valence-corrected chi connectivity index (χ0v) is 19.2. The maximum absolute atomic E-state index is 13.2. The van der Waals surface area contributed by atoms with Crippen molar-refractivity contribution in [1.82, 2.24) is 14.9 Å². The van der Waals surface area contributed by atoms with Gasteiger partial charge in [0, 0.05) is 42.6 Å². The van der Waals surface area contributed by atoms with Gasteiger partial charge in [-0.15, -0.1) is 0 Å². The predicted molar refractivity (Wildman–Crippen MR) is 134 cm³/mol. The number of aromatic nitrogens is 2. The van der Waals surface area contributed by atoms with Gasteiger partial charge in [-0.2, -0.15) is 0 Å². The molecule has 34 heavy (non-hydrogen) atoms. The molecule has 1 unspecified atom stereocenters. The van der Waals surface area contributed by atoms with E-state index >= 15 is 0 Å². The molecule has 0 bridgehead atoms. The van der Waals surface area contributed by atoms with Crippen LogP contribution in [-0.4, -0.2) is 40.0 Å². The van der Waals surface area contributed by atoms with Crippen LogP contribution >= 0.6 is 0 Å². The summed E-state index contributed by atoms with van der Waals surface area (Å²) in [6.07, 6.45) is 6.57. The summed E-state index contributed by atoms with van der Waals surface area (Å²) in [5, 5.41) is 0.914. The maximum Gasteiger partial charge on any atom is 0.263 e. The molecule has 5 nitrogen and oxygen atoms in total. The maximum atomic E-state index is 13.2. The molecule has 1 saturated heterocycles. The summed E-state index contributed by atoms with van der Waals surface area (Å²) in [5.41, 5.74) is 5.75. The number of ether oxygens (including phenoxy) is 1. The van der Waals surface area contributed by atoms with Crippen LogP contribution in [0.15, 0.2) is 97.0 Å². The lowest BCUT2D eigenvalue weighted by Gasteiger charge is -2.32. The number of nitrogens with zero attached hydrogens (tertiary/aromatic N) is 3. The van der Waals surface area contributed by atoms with E-state index in [0.717, 1.165) is 29.3 Å². The summed E-state index contributed by atoms with van der Waals surface area (Å²) in [5.74, 6) is 0.703. The van der Waals surface area contributed by atoms with E-state index in [4.69, 9.17) is 4.74 Å². The fourth-order valence-corrected chi connectivity index (χ4v) is 4.61. The highest BCUT2D eigenvalue weighted by molar-refractivity contribution is 5.87. The summed E-state index contributed by atoms with van der Waals surface area (Å²) < 4.78 is 6.10. The third kappa shape index (κ3) is 4.55. The van der Waals surface area contributed by atoms with Gasteiger partial charge in [0.2, 0.25) is 0 Å². The second-order valence-corrected chi connectivity index (χ2v) is 8.50.